The number of hydrogen-bond donors (Lipinski definition) is 1. The summed E-state index contributed by atoms with van der Waals surface area (Å²) < 4.78 is 25.7. The maximum absolute atomic E-state index is 11.6. The summed E-state index contributed by atoms with van der Waals surface area (Å²) in [6.07, 6.45) is 1.48. The number of carbonyl (C=O) groups excluding carboxylic acids is 1. The van der Waals surface area contributed by atoms with Crippen molar-refractivity contribution in [2.75, 3.05) is 10.5 Å². The number of anilines is 1. The van der Waals surface area contributed by atoms with Crippen LogP contribution >= 0.6 is 0 Å². The van der Waals surface area contributed by atoms with E-state index in [1.165, 1.54) is 6.92 Å². The van der Waals surface area contributed by atoms with Crippen LogP contribution < -0.4 is 4.72 Å². The molecule has 0 aromatic heterocycles. The van der Waals surface area contributed by atoms with Gasteiger partial charge in [-0.25, -0.2) is 8.42 Å². The fourth-order valence-corrected chi connectivity index (χ4v) is 2.60. The Kier molecular flexibility index (Phi) is 4.69. The number of nitrogens with one attached hydrogen (secondary N) is 1. The van der Waals surface area contributed by atoms with E-state index in [4.69, 9.17) is 0 Å². The normalized spacial score (nSPS) is 11.2. The van der Waals surface area contributed by atoms with Gasteiger partial charge in [0.2, 0.25) is 10.0 Å². The van der Waals surface area contributed by atoms with Crippen molar-refractivity contribution < 1.29 is 13.2 Å². The molecule has 94 valence electrons. The molecule has 0 heterocycles. The molecule has 1 rings (SSSR count). The quantitative estimate of drug-likeness (QED) is 0.794. The molecule has 0 aliphatic carbocycles. The zero-order valence-corrected chi connectivity index (χ0v) is 10.9. The van der Waals surface area contributed by atoms with Gasteiger partial charge in [-0.1, -0.05) is 13.3 Å². The van der Waals surface area contributed by atoms with E-state index in [1.54, 1.807) is 24.3 Å². The molecule has 1 aromatic rings. The summed E-state index contributed by atoms with van der Waals surface area (Å²) in [7, 11) is -3.26. The van der Waals surface area contributed by atoms with E-state index in [0.29, 0.717) is 17.7 Å². The molecule has 1 aromatic carbocycles. The Labute approximate surface area is 102 Å². The summed E-state index contributed by atoms with van der Waals surface area (Å²) in [5, 5.41) is 0. The minimum absolute atomic E-state index is 0.0367. The van der Waals surface area contributed by atoms with Crippen LogP contribution in [0.4, 0.5) is 5.69 Å². The molecule has 0 spiro atoms. The second kappa shape index (κ2) is 5.82. The van der Waals surface area contributed by atoms with Gasteiger partial charge in [-0.15, -0.1) is 0 Å². The van der Waals surface area contributed by atoms with Gasteiger partial charge < -0.3 is 0 Å². The van der Waals surface area contributed by atoms with Crippen molar-refractivity contribution in [2.45, 2.75) is 26.7 Å². The molecule has 0 bridgehead atoms. The van der Waals surface area contributed by atoms with Crippen molar-refractivity contribution in [3.8, 4) is 0 Å². The SMILES string of the molecule is CCCCS(=O)(=O)Nc1ccc(C(C)=O)cc1. The fourth-order valence-electron chi connectivity index (χ4n) is 1.34. The molecule has 0 atom stereocenters. The Balaban J connectivity index is 2.72. The van der Waals surface area contributed by atoms with Crippen molar-refractivity contribution in [1.29, 1.82) is 0 Å². The van der Waals surface area contributed by atoms with Crippen LogP contribution in [-0.4, -0.2) is 20.0 Å². The highest BCUT2D eigenvalue weighted by Gasteiger charge is 2.09. The van der Waals surface area contributed by atoms with Gasteiger partial charge in [-0.2, -0.15) is 0 Å². The van der Waals surface area contributed by atoms with Crippen LogP contribution in [0.3, 0.4) is 0 Å². The van der Waals surface area contributed by atoms with Crippen molar-refractivity contribution in [2.24, 2.45) is 0 Å². The minimum Gasteiger partial charge on any atom is -0.295 e. The van der Waals surface area contributed by atoms with E-state index in [0.717, 1.165) is 6.42 Å². The van der Waals surface area contributed by atoms with Crippen LogP contribution in [0.2, 0.25) is 0 Å². The number of unbranched alkanes of at least 4 members (excludes halogenated alkanes) is 1. The van der Waals surface area contributed by atoms with E-state index < -0.39 is 10.0 Å². The molecule has 0 amide bonds. The first kappa shape index (κ1) is 13.7. The van der Waals surface area contributed by atoms with Crippen molar-refractivity contribution >= 4 is 21.5 Å². The van der Waals surface area contributed by atoms with E-state index in [-0.39, 0.29) is 11.5 Å². The third-order valence-corrected chi connectivity index (χ3v) is 3.70. The Morgan fingerprint density at radius 1 is 1.24 bits per heavy atom. The van der Waals surface area contributed by atoms with E-state index in [1.807, 2.05) is 6.92 Å². The maximum Gasteiger partial charge on any atom is 0.232 e. The molecule has 5 heteroatoms. The lowest BCUT2D eigenvalue weighted by Crippen LogP contribution is -2.16. The maximum atomic E-state index is 11.6. The largest absolute Gasteiger partial charge is 0.295 e. The van der Waals surface area contributed by atoms with Crippen LogP contribution in [0, 0.1) is 0 Å². The minimum atomic E-state index is -3.26. The van der Waals surface area contributed by atoms with Gasteiger partial charge >= 0.3 is 0 Å². The molecular formula is C12H17NO3S. The monoisotopic (exact) mass is 255 g/mol. The van der Waals surface area contributed by atoms with E-state index in [2.05, 4.69) is 4.72 Å². The molecule has 0 saturated carbocycles. The first-order valence-corrected chi connectivity index (χ1v) is 7.21. The standard InChI is InChI=1S/C12H17NO3S/c1-3-4-9-17(15,16)13-12-7-5-11(6-8-12)10(2)14/h5-8,13H,3-4,9H2,1-2H3. The predicted octanol–water partition coefficient (Wildman–Crippen LogP) is 2.43. The van der Waals surface area contributed by atoms with Gasteiger partial charge in [0, 0.05) is 11.3 Å². The van der Waals surface area contributed by atoms with Crippen LogP contribution in [0.1, 0.15) is 37.0 Å². The third-order valence-electron chi connectivity index (χ3n) is 2.33. The molecule has 0 fully saturated rings. The van der Waals surface area contributed by atoms with Crippen LogP contribution in [0.25, 0.3) is 0 Å². The fraction of sp³-hybridized carbons (Fsp3) is 0.417. The molecule has 1 N–H and O–H groups in total. The summed E-state index contributed by atoms with van der Waals surface area (Å²) in [5.74, 6) is 0.0863. The van der Waals surface area contributed by atoms with Gasteiger partial charge in [0.05, 0.1) is 5.75 Å². The highest BCUT2D eigenvalue weighted by Crippen LogP contribution is 2.12. The number of rotatable bonds is 6. The zero-order chi connectivity index (χ0) is 12.9. The van der Waals surface area contributed by atoms with Gasteiger partial charge in [0.1, 0.15) is 0 Å². The average Bonchev–Trinajstić information content (AvgIpc) is 2.26. The zero-order valence-electron chi connectivity index (χ0n) is 10.1. The molecule has 0 aliphatic rings. The Morgan fingerprint density at radius 3 is 2.29 bits per heavy atom. The smallest absolute Gasteiger partial charge is 0.232 e. The molecule has 4 nitrogen and oxygen atoms in total. The topological polar surface area (TPSA) is 63.2 Å². The van der Waals surface area contributed by atoms with Crippen LogP contribution in [0.5, 0.6) is 0 Å². The molecular weight excluding hydrogens is 238 g/mol. The van der Waals surface area contributed by atoms with Crippen LogP contribution in [-0.2, 0) is 10.0 Å². The second-order valence-corrected chi connectivity index (χ2v) is 5.75. The van der Waals surface area contributed by atoms with Crippen molar-refractivity contribution in [3.05, 3.63) is 29.8 Å². The Bertz CT molecular complexity index is 477. The molecule has 0 aliphatic heterocycles. The highest BCUT2D eigenvalue weighted by atomic mass is 32.2. The van der Waals surface area contributed by atoms with Crippen molar-refractivity contribution in [1.82, 2.24) is 0 Å². The first-order valence-electron chi connectivity index (χ1n) is 5.56. The van der Waals surface area contributed by atoms with E-state index >= 15 is 0 Å². The molecule has 0 saturated heterocycles. The van der Waals surface area contributed by atoms with Gasteiger partial charge in [-0.3, -0.25) is 9.52 Å². The lowest BCUT2D eigenvalue weighted by Gasteiger charge is -2.07. The number of Topliss-reactive ketones (excluding diaryl/α,β-unsaturated/α-hetero) is 1. The Morgan fingerprint density at radius 2 is 1.82 bits per heavy atom. The van der Waals surface area contributed by atoms with Crippen molar-refractivity contribution in [3.63, 3.8) is 0 Å². The van der Waals surface area contributed by atoms with Gasteiger partial charge in [0.25, 0.3) is 0 Å². The molecule has 0 unspecified atom stereocenters. The number of carbonyl (C=O) groups is 1. The summed E-state index contributed by atoms with van der Waals surface area (Å²) in [6, 6.07) is 6.42. The van der Waals surface area contributed by atoms with Crippen LogP contribution in [0.15, 0.2) is 24.3 Å². The highest BCUT2D eigenvalue weighted by molar-refractivity contribution is 7.92. The number of ketones is 1. The molecule has 17 heavy (non-hydrogen) atoms. The van der Waals surface area contributed by atoms with Gasteiger partial charge in [-0.05, 0) is 37.6 Å². The second-order valence-electron chi connectivity index (χ2n) is 3.91. The molecule has 0 radical (unpaired) electrons. The predicted molar refractivity (Wildman–Crippen MR) is 68.8 cm³/mol. The summed E-state index contributed by atoms with van der Waals surface area (Å²) in [4.78, 5) is 11.0. The van der Waals surface area contributed by atoms with E-state index in [9.17, 15) is 13.2 Å². The number of hydrogen-bond acceptors (Lipinski definition) is 3. The lowest BCUT2D eigenvalue weighted by atomic mass is 10.1. The number of sulfonamides is 1. The summed E-state index contributed by atoms with van der Waals surface area (Å²) in [5.41, 5.74) is 1.06. The first-order chi connectivity index (χ1) is 7.94. The third kappa shape index (κ3) is 4.56. The Hall–Kier alpha value is -1.36. The van der Waals surface area contributed by atoms with Gasteiger partial charge in [0.15, 0.2) is 5.78 Å². The average molecular weight is 255 g/mol. The summed E-state index contributed by atoms with van der Waals surface area (Å²) >= 11 is 0. The number of benzene rings is 1. The lowest BCUT2D eigenvalue weighted by molar-refractivity contribution is 0.101. The summed E-state index contributed by atoms with van der Waals surface area (Å²) in [6.45, 7) is 3.41.